The number of rotatable bonds is 6. The predicted octanol–water partition coefficient (Wildman–Crippen LogP) is 2.24. The number of halogens is 1. The molecule has 153 valence electrons. The summed E-state index contributed by atoms with van der Waals surface area (Å²) >= 11 is 7.71. The highest BCUT2D eigenvalue weighted by Gasteiger charge is 2.21. The molecule has 2 amide bonds. The molecule has 0 fully saturated rings. The van der Waals surface area contributed by atoms with E-state index < -0.39 is 6.03 Å². The van der Waals surface area contributed by atoms with E-state index in [-0.39, 0.29) is 5.91 Å². The molecule has 0 aliphatic rings. The van der Waals surface area contributed by atoms with Crippen LogP contribution in [0.3, 0.4) is 0 Å². The van der Waals surface area contributed by atoms with E-state index in [1.807, 2.05) is 0 Å². The van der Waals surface area contributed by atoms with Gasteiger partial charge in [0.25, 0.3) is 0 Å². The first-order valence-electron chi connectivity index (χ1n) is 8.71. The lowest BCUT2D eigenvalue weighted by Crippen LogP contribution is -2.25. The Kier molecular flexibility index (Phi) is 5.38. The minimum absolute atomic E-state index is 0.119. The highest BCUT2D eigenvalue weighted by Crippen LogP contribution is 2.34. The first-order valence-corrected chi connectivity index (χ1v) is 9.90. The molecule has 0 atom stereocenters. The van der Waals surface area contributed by atoms with Gasteiger partial charge in [0, 0.05) is 12.5 Å². The van der Waals surface area contributed by atoms with Crippen LogP contribution in [0.4, 0.5) is 4.79 Å². The second kappa shape index (κ2) is 8.13. The van der Waals surface area contributed by atoms with E-state index in [0.29, 0.717) is 51.3 Å². The molecule has 3 aromatic heterocycles. The zero-order valence-electron chi connectivity index (χ0n) is 15.6. The summed E-state index contributed by atoms with van der Waals surface area (Å²) < 4.78 is 8.97. The number of nitrogens with two attached hydrogens (primary N) is 1. The summed E-state index contributed by atoms with van der Waals surface area (Å²) in [7, 11) is 0. The molecule has 0 spiro atoms. The van der Waals surface area contributed by atoms with Gasteiger partial charge in [-0.05, 0) is 18.2 Å². The number of carbonyl (C=O) groups is 2. The van der Waals surface area contributed by atoms with Gasteiger partial charge in [-0.3, -0.25) is 9.36 Å². The van der Waals surface area contributed by atoms with Gasteiger partial charge in [0.15, 0.2) is 17.0 Å². The van der Waals surface area contributed by atoms with Crippen LogP contribution < -0.4 is 15.8 Å². The molecule has 0 aliphatic heterocycles. The van der Waals surface area contributed by atoms with Gasteiger partial charge in [-0.1, -0.05) is 11.6 Å². The van der Waals surface area contributed by atoms with Crippen molar-refractivity contribution in [3.63, 3.8) is 0 Å². The minimum Gasteiger partial charge on any atom is -0.492 e. The summed E-state index contributed by atoms with van der Waals surface area (Å²) in [5.41, 5.74) is 9.82. The first kappa shape index (κ1) is 19.9. The SMILES string of the molecule is CC(=O)NCCOc1ccc(-c2cncn2-c2nn(C(N)=O)c3n[c]sc23)c(Cl)c1. The Bertz CT molecular complexity index is 1250. The fourth-order valence-corrected chi connectivity index (χ4v) is 3.79. The fraction of sp³-hybridized carbons (Fsp3) is 0.167. The van der Waals surface area contributed by atoms with Crippen LogP contribution in [-0.2, 0) is 4.79 Å². The molecule has 0 aliphatic carbocycles. The van der Waals surface area contributed by atoms with Crippen LogP contribution >= 0.6 is 22.9 Å². The van der Waals surface area contributed by atoms with Crippen molar-refractivity contribution < 1.29 is 14.3 Å². The van der Waals surface area contributed by atoms with Crippen molar-refractivity contribution in [2.45, 2.75) is 6.92 Å². The number of ether oxygens (including phenoxy) is 1. The first-order chi connectivity index (χ1) is 14.5. The van der Waals surface area contributed by atoms with Gasteiger partial charge in [-0.15, -0.1) is 16.4 Å². The largest absolute Gasteiger partial charge is 0.492 e. The summed E-state index contributed by atoms with van der Waals surface area (Å²) in [5.74, 6) is 0.894. The van der Waals surface area contributed by atoms with Crippen LogP contribution in [0.2, 0.25) is 5.02 Å². The van der Waals surface area contributed by atoms with Crippen molar-refractivity contribution in [3.05, 3.63) is 41.3 Å². The van der Waals surface area contributed by atoms with E-state index in [1.165, 1.54) is 18.3 Å². The smallest absolute Gasteiger partial charge is 0.341 e. The minimum atomic E-state index is -0.744. The van der Waals surface area contributed by atoms with Crippen molar-refractivity contribution in [3.8, 4) is 22.8 Å². The Labute approximate surface area is 179 Å². The average molecular weight is 445 g/mol. The number of aromatic nitrogens is 5. The van der Waals surface area contributed by atoms with Crippen molar-refractivity contribution in [2.75, 3.05) is 13.2 Å². The maximum absolute atomic E-state index is 11.7. The quantitative estimate of drug-likeness (QED) is 0.438. The molecule has 0 saturated heterocycles. The molecule has 30 heavy (non-hydrogen) atoms. The Morgan fingerprint density at radius 3 is 2.97 bits per heavy atom. The van der Waals surface area contributed by atoms with Gasteiger partial charge in [0.1, 0.15) is 23.4 Å². The van der Waals surface area contributed by atoms with Crippen molar-refractivity contribution >= 4 is 45.2 Å². The van der Waals surface area contributed by atoms with Gasteiger partial charge in [-0.25, -0.2) is 14.8 Å². The Morgan fingerprint density at radius 2 is 2.23 bits per heavy atom. The van der Waals surface area contributed by atoms with Crippen LogP contribution in [0.5, 0.6) is 5.75 Å². The number of hydrogen-bond donors (Lipinski definition) is 2. The molecule has 4 rings (SSSR count). The Hall–Kier alpha value is -3.44. The van der Waals surface area contributed by atoms with Gasteiger partial charge in [0.2, 0.25) is 5.91 Å². The standard InChI is InChI=1S/C18H15ClN7O3S/c1-10(27)22-4-5-29-11-2-3-12(13(19)6-11)14-7-21-8-25(14)17-15-16(23-9-30-15)26(24-17)18(20)28/h2-3,6-8H,4-5H2,1H3,(H2,20,28)(H,22,27). The number of hydrogen-bond acceptors (Lipinski definition) is 7. The van der Waals surface area contributed by atoms with E-state index in [4.69, 9.17) is 22.1 Å². The molecule has 10 nitrogen and oxygen atoms in total. The second-order valence-corrected chi connectivity index (χ2v) is 7.36. The van der Waals surface area contributed by atoms with Crippen LogP contribution in [-0.4, -0.2) is 49.4 Å². The lowest BCUT2D eigenvalue weighted by atomic mass is 10.1. The number of thiazole rings is 1. The van der Waals surface area contributed by atoms with Crippen LogP contribution in [0.15, 0.2) is 30.7 Å². The fourth-order valence-electron chi connectivity index (χ4n) is 2.85. The highest BCUT2D eigenvalue weighted by molar-refractivity contribution is 7.16. The topological polar surface area (TPSA) is 130 Å². The lowest BCUT2D eigenvalue weighted by molar-refractivity contribution is -0.119. The van der Waals surface area contributed by atoms with Crippen LogP contribution in [0.25, 0.3) is 27.4 Å². The molecule has 3 N–H and O–H groups in total. The maximum atomic E-state index is 11.7. The van der Waals surface area contributed by atoms with E-state index in [1.54, 1.807) is 35.3 Å². The van der Waals surface area contributed by atoms with Gasteiger partial charge in [-0.2, -0.15) is 4.68 Å². The summed E-state index contributed by atoms with van der Waals surface area (Å²) in [6, 6.07) is 4.50. The van der Waals surface area contributed by atoms with E-state index in [2.05, 4.69) is 25.9 Å². The summed E-state index contributed by atoms with van der Waals surface area (Å²) in [4.78, 5) is 30.8. The molecule has 0 bridgehead atoms. The molecule has 1 aromatic carbocycles. The molecule has 1 radical (unpaired) electrons. The number of primary amides is 1. The number of nitrogens with zero attached hydrogens (tertiary/aromatic N) is 5. The van der Waals surface area contributed by atoms with Crippen molar-refractivity contribution in [1.82, 2.24) is 29.6 Å². The van der Waals surface area contributed by atoms with Gasteiger partial charge >= 0.3 is 6.03 Å². The molecule has 0 saturated carbocycles. The summed E-state index contributed by atoms with van der Waals surface area (Å²) in [6.07, 6.45) is 3.20. The monoisotopic (exact) mass is 444 g/mol. The third-order valence-electron chi connectivity index (χ3n) is 4.14. The number of imidazole rings is 1. The molecule has 12 heteroatoms. The van der Waals surface area contributed by atoms with Crippen molar-refractivity contribution in [2.24, 2.45) is 5.73 Å². The number of amides is 2. The average Bonchev–Trinajstić information content (AvgIpc) is 3.41. The summed E-state index contributed by atoms with van der Waals surface area (Å²) in [6.45, 7) is 2.16. The van der Waals surface area contributed by atoms with E-state index >= 15 is 0 Å². The number of fused-ring (bicyclic) bond motifs is 1. The number of benzene rings is 1. The lowest BCUT2D eigenvalue weighted by Gasteiger charge is -2.11. The van der Waals surface area contributed by atoms with Crippen LogP contribution in [0.1, 0.15) is 6.92 Å². The number of carbonyl (C=O) groups excluding carboxylic acids is 2. The van der Waals surface area contributed by atoms with E-state index in [0.717, 1.165) is 4.68 Å². The molecule has 4 aromatic rings. The zero-order chi connectivity index (χ0) is 21.3. The van der Waals surface area contributed by atoms with Crippen molar-refractivity contribution in [1.29, 1.82) is 0 Å². The van der Waals surface area contributed by atoms with E-state index in [9.17, 15) is 9.59 Å². The second-order valence-electron chi connectivity index (χ2n) is 6.15. The third kappa shape index (κ3) is 3.72. The van der Waals surface area contributed by atoms with Gasteiger partial charge < -0.3 is 15.8 Å². The molecule has 3 heterocycles. The van der Waals surface area contributed by atoms with Crippen LogP contribution in [0, 0.1) is 5.51 Å². The zero-order valence-corrected chi connectivity index (χ0v) is 17.2. The Balaban J connectivity index is 1.65. The summed E-state index contributed by atoms with van der Waals surface area (Å²) in [5, 5.41) is 7.37. The predicted molar refractivity (Wildman–Crippen MR) is 111 cm³/mol. The third-order valence-corrected chi connectivity index (χ3v) is 5.20. The molecular formula is C18H15ClN7O3S. The molecular weight excluding hydrogens is 430 g/mol. The maximum Gasteiger partial charge on any atom is 0.341 e. The highest BCUT2D eigenvalue weighted by atomic mass is 35.5. The Morgan fingerprint density at radius 1 is 1.40 bits per heavy atom. The molecule has 0 unspecified atom stereocenters. The number of nitrogens with one attached hydrogen (secondary N) is 1. The van der Waals surface area contributed by atoms with Gasteiger partial charge in [0.05, 0.1) is 23.5 Å². The normalized spacial score (nSPS) is 11.0.